The summed E-state index contributed by atoms with van der Waals surface area (Å²) in [5.74, 6) is 1.73. The first-order valence-electron chi connectivity index (χ1n) is 10.3. The second-order valence-electron chi connectivity index (χ2n) is 8.25. The van der Waals surface area contributed by atoms with Crippen LogP contribution in [0.2, 0.25) is 0 Å². The first-order valence-corrected chi connectivity index (χ1v) is 11.9. The van der Waals surface area contributed by atoms with E-state index >= 15 is 0 Å². The quantitative estimate of drug-likeness (QED) is 0.622. The Morgan fingerprint density at radius 2 is 1.97 bits per heavy atom. The van der Waals surface area contributed by atoms with E-state index in [1.165, 1.54) is 0 Å². The van der Waals surface area contributed by atoms with Gasteiger partial charge in [0.2, 0.25) is 5.95 Å². The van der Waals surface area contributed by atoms with Crippen molar-refractivity contribution in [1.82, 2.24) is 9.97 Å². The second kappa shape index (κ2) is 7.21. The highest BCUT2D eigenvalue weighted by atomic mass is 32.2. The molecule has 1 fully saturated rings. The van der Waals surface area contributed by atoms with Crippen LogP contribution in [-0.2, 0) is 16.4 Å². The standard InChI is InChI=1S/C22H25N5O2S/c1-14-6-9-18-17(12-14)21(25-20(23)15-7-8-15)26-22(24-18)27-10-11-30(28,29)19-5-3-2-4-16(19)13-27/h2-6,9,12,15,20H,7-8,10-11,13,23H2,1H3,(H,24,25,26). The Morgan fingerprint density at radius 1 is 1.17 bits per heavy atom. The average Bonchev–Trinajstić information content (AvgIpc) is 3.57. The van der Waals surface area contributed by atoms with E-state index in [0.717, 1.165) is 34.9 Å². The van der Waals surface area contributed by atoms with Crippen molar-refractivity contribution >= 4 is 32.5 Å². The minimum absolute atomic E-state index is 0.0314. The molecule has 0 saturated heterocycles. The Hall–Kier alpha value is -2.71. The lowest BCUT2D eigenvalue weighted by Gasteiger charge is -2.23. The molecule has 1 saturated carbocycles. The van der Waals surface area contributed by atoms with Gasteiger partial charge in [-0.2, -0.15) is 4.98 Å². The summed E-state index contributed by atoms with van der Waals surface area (Å²) in [7, 11) is -3.33. The third-order valence-corrected chi connectivity index (χ3v) is 7.64. The van der Waals surface area contributed by atoms with Gasteiger partial charge in [0.05, 0.1) is 22.3 Å². The summed E-state index contributed by atoms with van der Waals surface area (Å²) in [6.45, 7) is 2.82. The van der Waals surface area contributed by atoms with E-state index in [0.29, 0.717) is 35.7 Å². The van der Waals surface area contributed by atoms with Crippen molar-refractivity contribution in [2.45, 2.75) is 37.4 Å². The van der Waals surface area contributed by atoms with E-state index in [-0.39, 0.29) is 11.9 Å². The predicted octanol–water partition coefficient (Wildman–Crippen LogP) is 2.84. The third-order valence-electron chi connectivity index (χ3n) is 5.85. The van der Waals surface area contributed by atoms with Crippen molar-refractivity contribution in [3.63, 3.8) is 0 Å². The first kappa shape index (κ1) is 19.3. The van der Waals surface area contributed by atoms with Crippen molar-refractivity contribution in [1.29, 1.82) is 0 Å². The number of sulfone groups is 1. The summed E-state index contributed by atoms with van der Waals surface area (Å²) in [6.07, 6.45) is 2.11. The van der Waals surface area contributed by atoms with Gasteiger partial charge >= 0.3 is 0 Å². The van der Waals surface area contributed by atoms with Crippen molar-refractivity contribution in [3.05, 3.63) is 53.6 Å². The summed E-state index contributed by atoms with van der Waals surface area (Å²) < 4.78 is 25.4. The maximum absolute atomic E-state index is 12.7. The normalized spacial score (nSPS) is 19.2. The number of benzene rings is 2. The van der Waals surface area contributed by atoms with Gasteiger partial charge in [0, 0.05) is 18.5 Å². The zero-order chi connectivity index (χ0) is 20.9. The molecule has 0 amide bonds. The number of aryl methyl sites for hydroxylation is 1. The molecule has 1 atom stereocenters. The lowest BCUT2D eigenvalue weighted by Crippen LogP contribution is -2.33. The summed E-state index contributed by atoms with van der Waals surface area (Å²) in [5, 5.41) is 4.31. The smallest absolute Gasteiger partial charge is 0.228 e. The Balaban J connectivity index is 1.58. The number of hydrogen-bond acceptors (Lipinski definition) is 7. The highest BCUT2D eigenvalue weighted by Gasteiger charge is 2.30. The van der Waals surface area contributed by atoms with Gasteiger partial charge in [-0.3, -0.25) is 0 Å². The molecule has 1 aliphatic heterocycles. The van der Waals surface area contributed by atoms with E-state index in [1.54, 1.807) is 12.1 Å². The lowest BCUT2D eigenvalue weighted by molar-refractivity contribution is 0.596. The molecule has 0 radical (unpaired) electrons. The summed E-state index contributed by atoms with van der Waals surface area (Å²) in [5.41, 5.74) is 9.04. The number of aromatic nitrogens is 2. The molecular formula is C22H25N5O2S. The molecule has 5 rings (SSSR count). The van der Waals surface area contributed by atoms with E-state index < -0.39 is 9.84 Å². The molecule has 0 spiro atoms. The fourth-order valence-electron chi connectivity index (χ4n) is 3.95. The van der Waals surface area contributed by atoms with Gasteiger partial charge in [-0.1, -0.05) is 29.8 Å². The summed E-state index contributed by atoms with van der Waals surface area (Å²) in [4.78, 5) is 11.9. The number of nitrogens with two attached hydrogens (primary N) is 1. The minimum Gasteiger partial charge on any atom is -0.354 e. The van der Waals surface area contributed by atoms with Crippen LogP contribution < -0.4 is 16.0 Å². The van der Waals surface area contributed by atoms with Gasteiger partial charge in [-0.15, -0.1) is 0 Å². The van der Waals surface area contributed by atoms with Crippen molar-refractivity contribution in [2.75, 3.05) is 22.5 Å². The molecule has 8 heteroatoms. The molecular weight excluding hydrogens is 398 g/mol. The molecule has 1 aromatic heterocycles. The maximum atomic E-state index is 12.7. The molecule has 3 N–H and O–H groups in total. The van der Waals surface area contributed by atoms with Crippen LogP contribution in [0.4, 0.5) is 11.8 Å². The zero-order valence-corrected chi connectivity index (χ0v) is 17.7. The van der Waals surface area contributed by atoms with Crippen LogP contribution in [0.15, 0.2) is 47.4 Å². The number of nitrogens with one attached hydrogen (secondary N) is 1. The van der Waals surface area contributed by atoms with Crippen LogP contribution in [0.5, 0.6) is 0 Å². The lowest BCUT2D eigenvalue weighted by atomic mass is 10.1. The molecule has 1 aliphatic carbocycles. The Kier molecular flexibility index (Phi) is 4.63. The van der Waals surface area contributed by atoms with Crippen LogP contribution in [0.25, 0.3) is 10.9 Å². The van der Waals surface area contributed by atoms with Gasteiger partial charge in [-0.05, 0) is 49.4 Å². The monoisotopic (exact) mass is 423 g/mol. The van der Waals surface area contributed by atoms with E-state index in [2.05, 4.69) is 11.4 Å². The minimum atomic E-state index is -3.33. The van der Waals surface area contributed by atoms with Gasteiger partial charge in [0.1, 0.15) is 5.82 Å². The van der Waals surface area contributed by atoms with Gasteiger partial charge < -0.3 is 16.0 Å². The Bertz CT molecular complexity index is 1220. The van der Waals surface area contributed by atoms with E-state index in [1.807, 2.05) is 36.1 Å². The molecule has 1 unspecified atom stereocenters. The van der Waals surface area contributed by atoms with Gasteiger partial charge in [0.25, 0.3) is 0 Å². The van der Waals surface area contributed by atoms with Crippen molar-refractivity contribution in [2.24, 2.45) is 11.7 Å². The number of rotatable bonds is 4. The van der Waals surface area contributed by atoms with Gasteiger partial charge in [-0.25, -0.2) is 13.4 Å². The first-order chi connectivity index (χ1) is 14.4. The molecule has 7 nitrogen and oxygen atoms in total. The number of nitrogens with zero attached hydrogens (tertiary/aromatic N) is 3. The van der Waals surface area contributed by atoms with Crippen molar-refractivity contribution < 1.29 is 8.42 Å². The molecule has 2 heterocycles. The van der Waals surface area contributed by atoms with Crippen LogP contribution in [0.3, 0.4) is 0 Å². The average molecular weight is 424 g/mol. The molecule has 156 valence electrons. The van der Waals surface area contributed by atoms with E-state index in [4.69, 9.17) is 15.7 Å². The highest BCUT2D eigenvalue weighted by molar-refractivity contribution is 7.91. The van der Waals surface area contributed by atoms with Gasteiger partial charge in [0.15, 0.2) is 9.84 Å². The Labute approximate surface area is 176 Å². The molecule has 2 aliphatic rings. The third kappa shape index (κ3) is 3.61. The van der Waals surface area contributed by atoms with Crippen LogP contribution in [-0.4, -0.2) is 36.8 Å². The summed E-state index contributed by atoms with van der Waals surface area (Å²) in [6, 6.07) is 13.2. The fourth-order valence-corrected chi connectivity index (χ4v) is 5.44. The van der Waals surface area contributed by atoms with Crippen LogP contribution >= 0.6 is 0 Å². The molecule has 30 heavy (non-hydrogen) atoms. The molecule has 3 aromatic rings. The highest BCUT2D eigenvalue weighted by Crippen LogP contribution is 2.34. The number of anilines is 2. The Morgan fingerprint density at radius 3 is 2.77 bits per heavy atom. The SMILES string of the molecule is Cc1ccc2nc(N3CCS(=O)(=O)c4ccccc4C3)nc(NC(N)C3CC3)c2c1. The second-order valence-corrected chi connectivity index (χ2v) is 10.3. The number of fused-ring (bicyclic) bond motifs is 2. The molecule has 2 aromatic carbocycles. The van der Waals surface area contributed by atoms with Crippen LogP contribution in [0.1, 0.15) is 24.0 Å². The molecule has 0 bridgehead atoms. The van der Waals surface area contributed by atoms with E-state index in [9.17, 15) is 8.42 Å². The predicted molar refractivity (Wildman–Crippen MR) is 118 cm³/mol. The topological polar surface area (TPSA) is 101 Å². The summed E-state index contributed by atoms with van der Waals surface area (Å²) >= 11 is 0. The maximum Gasteiger partial charge on any atom is 0.228 e. The fraction of sp³-hybridized carbons (Fsp3) is 0.364. The van der Waals surface area contributed by atoms with Crippen LogP contribution in [0, 0.1) is 12.8 Å². The number of hydrogen-bond donors (Lipinski definition) is 2. The largest absolute Gasteiger partial charge is 0.354 e. The zero-order valence-electron chi connectivity index (χ0n) is 16.9. The van der Waals surface area contributed by atoms with Crippen molar-refractivity contribution in [3.8, 4) is 0 Å².